The highest BCUT2D eigenvalue weighted by Crippen LogP contribution is 2.58. The van der Waals surface area contributed by atoms with Crippen molar-refractivity contribution in [3.05, 3.63) is 210 Å². The predicted octanol–water partition coefficient (Wildman–Crippen LogP) is 13.2. The second-order valence-corrected chi connectivity index (χ2v) is 14.6. The van der Waals surface area contributed by atoms with Crippen LogP contribution in [0.4, 0.5) is 0 Å². The number of benzene rings is 8. The van der Waals surface area contributed by atoms with Crippen molar-refractivity contribution >= 4 is 53.3 Å². The van der Waals surface area contributed by atoms with Crippen molar-refractivity contribution in [2.24, 2.45) is 0 Å². The molecular formula is C49H31NS. The second kappa shape index (κ2) is 10.9. The summed E-state index contributed by atoms with van der Waals surface area (Å²) in [7, 11) is 0. The summed E-state index contributed by atoms with van der Waals surface area (Å²) in [5.74, 6) is 0. The molecule has 0 saturated heterocycles. The normalized spacial score (nSPS) is 13.3. The van der Waals surface area contributed by atoms with Gasteiger partial charge in [0.15, 0.2) is 0 Å². The summed E-state index contributed by atoms with van der Waals surface area (Å²) in [4.78, 5) is 0. The highest BCUT2D eigenvalue weighted by molar-refractivity contribution is 7.26. The molecule has 1 nitrogen and oxygen atoms in total. The minimum Gasteiger partial charge on any atom is -0.308 e. The van der Waals surface area contributed by atoms with E-state index >= 15 is 0 Å². The van der Waals surface area contributed by atoms with Gasteiger partial charge in [0, 0.05) is 26.2 Å². The molecule has 1 aliphatic carbocycles. The lowest BCUT2D eigenvalue weighted by Gasteiger charge is -2.34. The molecule has 238 valence electrons. The summed E-state index contributed by atoms with van der Waals surface area (Å²) in [5.41, 5.74) is 13.7. The zero-order chi connectivity index (χ0) is 33.5. The average Bonchev–Trinajstić information content (AvgIpc) is 3.85. The van der Waals surface area contributed by atoms with Gasteiger partial charge >= 0.3 is 0 Å². The molecule has 8 aromatic carbocycles. The van der Waals surface area contributed by atoms with Crippen LogP contribution in [-0.2, 0) is 5.41 Å². The van der Waals surface area contributed by atoms with Gasteiger partial charge in [-0.25, -0.2) is 0 Å². The monoisotopic (exact) mass is 665 g/mol. The van der Waals surface area contributed by atoms with Gasteiger partial charge in [-0.2, -0.15) is 0 Å². The summed E-state index contributed by atoms with van der Waals surface area (Å²) in [6.07, 6.45) is 0. The fraction of sp³-hybridized carbons (Fsp3) is 0.0204. The second-order valence-electron chi connectivity index (χ2n) is 13.6. The lowest BCUT2D eigenvalue weighted by atomic mass is 9.67. The van der Waals surface area contributed by atoms with E-state index in [0.29, 0.717) is 0 Å². The van der Waals surface area contributed by atoms with E-state index in [4.69, 9.17) is 0 Å². The molecule has 2 heterocycles. The standard InChI is InChI=1S/C49H31NS/c1-3-15-33(16-4-1)49(34-17-5-2-6-18-34)41-24-10-7-21-40(41)47-35(22-13-25-42(47)49)32-29-30-38-39-23-14-28-45(48(39)51-46(38)31-32)50-43-26-11-8-19-36(43)37-20-9-12-27-44(37)50/h1-31H. The van der Waals surface area contributed by atoms with Crippen LogP contribution < -0.4 is 0 Å². The molecule has 2 heteroatoms. The molecule has 0 saturated carbocycles. The van der Waals surface area contributed by atoms with Crippen LogP contribution in [0.3, 0.4) is 0 Å². The van der Waals surface area contributed by atoms with Crippen LogP contribution >= 0.6 is 11.3 Å². The minimum absolute atomic E-state index is 0.413. The first kappa shape index (κ1) is 28.6. The third-order valence-corrected chi connectivity index (χ3v) is 12.3. The van der Waals surface area contributed by atoms with Gasteiger partial charge in [-0.15, -0.1) is 11.3 Å². The number of aromatic nitrogens is 1. The van der Waals surface area contributed by atoms with Crippen molar-refractivity contribution in [1.29, 1.82) is 0 Å². The van der Waals surface area contributed by atoms with Crippen LogP contribution in [0.5, 0.6) is 0 Å². The van der Waals surface area contributed by atoms with Crippen molar-refractivity contribution in [2.45, 2.75) is 5.41 Å². The molecule has 51 heavy (non-hydrogen) atoms. The van der Waals surface area contributed by atoms with Gasteiger partial charge in [0.2, 0.25) is 0 Å². The number of nitrogens with zero attached hydrogens (tertiary/aromatic N) is 1. The number of fused-ring (bicyclic) bond motifs is 9. The van der Waals surface area contributed by atoms with Gasteiger partial charge in [0.05, 0.1) is 26.8 Å². The topological polar surface area (TPSA) is 4.93 Å². The maximum absolute atomic E-state index is 2.46. The molecule has 0 unspecified atom stereocenters. The highest BCUT2D eigenvalue weighted by atomic mass is 32.1. The SMILES string of the molecule is c1ccc(C2(c3ccccc3)c3ccccc3-c3c(-c4ccc5c(c4)sc4c(-n6c7ccccc7c7ccccc76)cccc45)cccc32)cc1. The Morgan fingerprint density at radius 2 is 0.980 bits per heavy atom. The molecule has 0 amide bonds. The largest absolute Gasteiger partial charge is 0.308 e. The number of rotatable bonds is 4. The molecule has 0 bridgehead atoms. The van der Waals surface area contributed by atoms with Gasteiger partial charge in [-0.1, -0.05) is 164 Å². The lowest BCUT2D eigenvalue weighted by molar-refractivity contribution is 0.768. The number of hydrogen-bond acceptors (Lipinski definition) is 1. The summed E-state index contributed by atoms with van der Waals surface area (Å²) in [6, 6.07) is 69.6. The van der Waals surface area contributed by atoms with Crippen LogP contribution in [0.15, 0.2) is 188 Å². The summed E-state index contributed by atoms with van der Waals surface area (Å²) in [5, 5.41) is 5.18. The van der Waals surface area contributed by atoms with Crippen LogP contribution in [0.25, 0.3) is 69.9 Å². The Morgan fingerprint density at radius 1 is 0.412 bits per heavy atom. The number of thiophene rings is 1. The molecule has 0 spiro atoms. The van der Waals surface area contributed by atoms with E-state index in [1.165, 1.54) is 92.2 Å². The lowest BCUT2D eigenvalue weighted by Crippen LogP contribution is -2.28. The van der Waals surface area contributed by atoms with Crippen LogP contribution in [-0.4, -0.2) is 4.57 Å². The van der Waals surface area contributed by atoms with Crippen molar-refractivity contribution in [3.8, 4) is 27.9 Å². The molecule has 10 aromatic rings. The summed E-state index contributed by atoms with van der Waals surface area (Å²) < 4.78 is 5.07. The van der Waals surface area contributed by atoms with E-state index in [0.717, 1.165) is 0 Å². The number of para-hydroxylation sites is 2. The Labute approximate surface area is 300 Å². The molecule has 2 aromatic heterocycles. The Hall–Kier alpha value is -6.22. The Balaban J connectivity index is 1.15. The zero-order valence-electron chi connectivity index (χ0n) is 27.8. The van der Waals surface area contributed by atoms with Gasteiger partial charge < -0.3 is 4.57 Å². The summed E-state index contributed by atoms with van der Waals surface area (Å²) >= 11 is 1.90. The molecule has 11 rings (SSSR count). The molecule has 0 atom stereocenters. The first-order valence-electron chi connectivity index (χ1n) is 17.6. The molecule has 0 radical (unpaired) electrons. The summed E-state index contributed by atoms with van der Waals surface area (Å²) in [6.45, 7) is 0. The van der Waals surface area contributed by atoms with Gasteiger partial charge in [-0.05, 0) is 68.8 Å². The maximum atomic E-state index is 2.46. The quantitative estimate of drug-likeness (QED) is 0.176. The smallest absolute Gasteiger partial charge is 0.0713 e. The third-order valence-electron chi connectivity index (χ3n) is 11.1. The van der Waals surface area contributed by atoms with Crippen LogP contribution in [0.2, 0.25) is 0 Å². The molecule has 0 aliphatic heterocycles. The Kier molecular flexibility index (Phi) is 6.11. The fourth-order valence-electron chi connectivity index (χ4n) is 9.04. The van der Waals surface area contributed by atoms with E-state index in [2.05, 4.69) is 193 Å². The minimum atomic E-state index is -0.413. The Bertz CT molecular complexity index is 2870. The van der Waals surface area contributed by atoms with Crippen molar-refractivity contribution < 1.29 is 0 Å². The Morgan fingerprint density at radius 3 is 1.71 bits per heavy atom. The van der Waals surface area contributed by atoms with E-state index in [9.17, 15) is 0 Å². The third kappa shape index (κ3) is 3.91. The van der Waals surface area contributed by atoms with E-state index in [1.54, 1.807) is 0 Å². The van der Waals surface area contributed by atoms with Crippen LogP contribution in [0, 0.1) is 0 Å². The predicted molar refractivity (Wildman–Crippen MR) is 216 cm³/mol. The molecule has 0 fully saturated rings. The van der Waals surface area contributed by atoms with Crippen molar-refractivity contribution in [1.82, 2.24) is 4.57 Å². The average molecular weight is 666 g/mol. The van der Waals surface area contributed by atoms with E-state index in [-0.39, 0.29) is 0 Å². The number of hydrogen-bond donors (Lipinski definition) is 0. The van der Waals surface area contributed by atoms with Crippen molar-refractivity contribution in [2.75, 3.05) is 0 Å². The maximum Gasteiger partial charge on any atom is 0.0713 e. The van der Waals surface area contributed by atoms with Gasteiger partial charge in [0.25, 0.3) is 0 Å². The van der Waals surface area contributed by atoms with Gasteiger partial charge in [-0.3, -0.25) is 0 Å². The first-order chi connectivity index (χ1) is 25.3. The molecular weight excluding hydrogens is 635 g/mol. The molecule has 1 aliphatic rings. The van der Waals surface area contributed by atoms with Crippen molar-refractivity contribution in [3.63, 3.8) is 0 Å². The fourth-order valence-corrected chi connectivity index (χ4v) is 10.3. The van der Waals surface area contributed by atoms with Crippen LogP contribution in [0.1, 0.15) is 22.3 Å². The van der Waals surface area contributed by atoms with E-state index in [1.807, 2.05) is 11.3 Å². The first-order valence-corrected chi connectivity index (χ1v) is 18.4. The van der Waals surface area contributed by atoms with E-state index < -0.39 is 5.41 Å². The van der Waals surface area contributed by atoms with Gasteiger partial charge in [0.1, 0.15) is 0 Å². The zero-order valence-corrected chi connectivity index (χ0v) is 28.6. The molecule has 0 N–H and O–H groups in total. The highest BCUT2D eigenvalue weighted by Gasteiger charge is 2.46.